The van der Waals surface area contributed by atoms with E-state index in [0.717, 1.165) is 51.1 Å². The van der Waals surface area contributed by atoms with Crippen molar-refractivity contribution in [1.29, 1.82) is 0 Å². The number of nitrogens with zero attached hydrogens (tertiary/aromatic N) is 1. The van der Waals surface area contributed by atoms with Crippen molar-refractivity contribution in [3.63, 3.8) is 0 Å². The number of carbonyl (C=O) groups is 1. The molecule has 23 heavy (non-hydrogen) atoms. The highest BCUT2D eigenvalue weighted by Crippen LogP contribution is 2.25. The molecule has 1 aromatic carbocycles. The first-order valence-electron chi connectivity index (χ1n) is 8.86. The lowest BCUT2D eigenvalue weighted by molar-refractivity contribution is -0.131. The number of hydrogen-bond donors (Lipinski definition) is 2. The average Bonchev–Trinajstić information content (AvgIpc) is 2.59. The summed E-state index contributed by atoms with van der Waals surface area (Å²) in [6.45, 7) is 12.0. The lowest BCUT2D eigenvalue weighted by atomic mass is 9.82. The topological polar surface area (TPSA) is 44.4 Å². The fourth-order valence-corrected chi connectivity index (χ4v) is 3.11. The molecule has 0 aliphatic carbocycles. The van der Waals surface area contributed by atoms with E-state index in [9.17, 15) is 4.79 Å². The lowest BCUT2D eigenvalue weighted by Gasteiger charge is -2.32. The highest BCUT2D eigenvalue weighted by atomic mass is 16.2. The van der Waals surface area contributed by atoms with E-state index in [1.807, 2.05) is 0 Å². The lowest BCUT2D eigenvalue weighted by Crippen LogP contribution is -2.48. The first kappa shape index (κ1) is 18.0. The highest BCUT2D eigenvalue weighted by Gasteiger charge is 2.34. The van der Waals surface area contributed by atoms with Gasteiger partial charge in [0.2, 0.25) is 5.91 Å². The normalized spacial score (nSPS) is 21.4. The van der Waals surface area contributed by atoms with Gasteiger partial charge in [0.1, 0.15) is 0 Å². The summed E-state index contributed by atoms with van der Waals surface area (Å²) < 4.78 is 0. The van der Waals surface area contributed by atoms with Crippen molar-refractivity contribution in [2.75, 3.05) is 26.2 Å². The fourth-order valence-electron chi connectivity index (χ4n) is 3.11. The molecule has 1 aliphatic rings. The Morgan fingerprint density at radius 3 is 2.43 bits per heavy atom. The van der Waals surface area contributed by atoms with Gasteiger partial charge in [-0.2, -0.15) is 0 Å². The van der Waals surface area contributed by atoms with Gasteiger partial charge in [0, 0.05) is 19.6 Å². The largest absolute Gasteiger partial charge is 0.352 e. The summed E-state index contributed by atoms with van der Waals surface area (Å²) in [5, 5.41) is 6.43. The number of amides is 1. The van der Waals surface area contributed by atoms with Crippen LogP contribution in [0.3, 0.4) is 0 Å². The molecule has 1 unspecified atom stereocenters. The zero-order chi connectivity index (χ0) is 16.7. The summed E-state index contributed by atoms with van der Waals surface area (Å²) in [6.07, 6.45) is 2.04. The summed E-state index contributed by atoms with van der Waals surface area (Å²) >= 11 is 0. The van der Waals surface area contributed by atoms with E-state index in [2.05, 4.69) is 60.6 Å². The van der Waals surface area contributed by atoms with E-state index < -0.39 is 0 Å². The molecule has 4 nitrogen and oxygen atoms in total. The van der Waals surface area contributed by atoms with Gasteiger partial charge in [0.25, 0.3) is 0 Å². The van der Waals surface area contributed by atoms with E-state index in [4.69, 9.17) is 0 Å². The van der Waals surface area contributed by atoms with Gasteiger partial charge in [0.15, 0.2) is 0 Å². The summed E-state index contributed by atoms with van der Waals surface area (Å²) in [6, 6.07) is 8.59. The van der Waals surface area contributed by atoms with Crippen LogP contribution < -0.4 is 10.6 Å². The maximum absolute atomic E-state index is 12.4. The Bertz CT molecular complexity index is 488. The second-order valence-electron chi connectivity index (χ2n) is 6.80. The number of carbonyl (C=O) groups excluding carboxylic acids is 1. The zero-order valence-electron chi connectivity index (χ0n) is 14.8. The zero-order valence-corrected chi connectivity index (χ0v) is 14.8. The van der Waals surface area contributed by atoms with Crippen LogP contribution in [0.5, 0.6) is 0 Å². The van der Waals surface area contributed by atoms with Crippen LogP contribution in [0.2, 0.25) is 0 Å². The van der Waals surface area contributed by atoms with E-state index >= 15 is 0 Å². The molecule has 0 saturated carbocycles. The molecular weight excluding hydrogens is 286 g/mol. The molecule has 1 aromatic rings. The van der Waals surface area contributed by atoms with Crippen molar-refractivity contribution < 1.29 is 4.79 Å². The molecule has 128 valence electrons. The second-order valence-corrected chi connectivity index (χ2v) is 6.80. The Morgan fingerprint density at radius 2 is 1.87 bits per heavy atom. The van der Waals surface area contributed by atoms with Crippen LogP contribution >= 0.6 is 0 Å². The molecule has 1 amide bonds. The number of rotatable bonds is 7. The molecular formula is C19H31N3O. The number of nitrogens with one attached hydrogen (secondary N) is 2. The Balaban J connectivity index is 1.85. The fraction of sp³-hybridized carbons (Fsp3) is 0.632. The number of piperidine rings is 1. The van der Waals surface area contributed by atoms with Crippen molar-refractivity contribution in [3.8, 4) is 0 Å². The standard InChI is InChI=1S/C19H31N3O/c1-4-22(5-2)14-17-9-7-16(8-10-17)13-21-18(23)19(3)11-6-12-20-15-19/h7-10,20H,4-6,11-15H2,1-3H3,(H,21,23). The molecule has 4 heteroatoms. The van der Waals surface area contributed by atoms with Crippen LogP contribution in [-0.4, -0.2) is 37.0 Å². The Hall–Kier alpha value is -1.39. The van der Waals surface area contributed by atoms with Crippen LogP contribution in [0, 0.1) is 5.41 Å². The molecule has 2 rings (SSSR count). The molecule has 0 aromatic heterocycles. The van der Waals surface area contributed by atoms with Gasteiger partial charge in [0.05, 0.1) is 5.41 Å². The van der Waals surface area contributed by atoms with Crippen LogP contribution in [0.4, 0.5) is 0 Å². The summed E-state index contributed by atoms with van der Waals surface area (Å²) in [5.41, 5.74) is 2.22. The summed E-state index contributed by atoms with van der Waals surface area (Å²) in [7, 11) is 0. The highest BCUT2D eigenvalue weighted by molar-refractivity contribution is 5.82. The van der Waals surface area contributed by atoms with Gasteiger partial charge in [-0.05, 0) is 50.5 Å². The average molecular weight is 317 g/mol. The molecule has 1 heterocycles. The Morgan fingerprint density at radius 1 is 1.22 bits per heavy atom. The predicted molar refractivity (Wildman–Crippen MR) is 95.1 cm³/mol. The minimum absolute atomic E-state index is 0.164. The third kappa shape index (κ3) is 5.05. The third-order valence-electron chi connectivity index (χ3n) is 4.92. The molecule has 1 atom stereocenters. The number of benzene rings is 1. The maximum atomic E-state index is 12.4. The molecule has 0 radical (unpaired) electrons. The van der Waals surface area contributed by atoms with Crippen LogP contribution in [0.25, 0.3) is 0 Å². The predicted octanol–water partition coefficient (Wildman–Crippen LogP) is 2.53. The van der Waals surface area contributed by atoms with Crippen LogP contribution in [0.1, 0.15) is 44.7 Å². The van der Waals surface area contributed by atoms with Gasteiger partial charge in [-0.1, -0.05) is 38.1 Å². The van der Waals surface area contributed by atoms with Gasteiger partial charge < -0.3 is 10.6 Å². The Kier molecular flexibility index (Phi) is 6.60. The van der Waals surface area contributed by atoms with E-state index in [-0.39, 0.29) is 11.3 Å². The van der Waals surface area contributed by atoms with Gasteiger partial charge in [-0.15, -0.1) is 0 Å². The van der Waals surface area contributed by atoms with E-state index in [1.165, 1.54) is 5.56 Å². The smallest absolute Gasteiger partial charge is 0.227 e. The monoisotopic (exact) mass is 317 g/mol. The van der Waals surface area contributed by atoms with Crippen molar-refractivity contribution >= 4 is 5.91 Å². The molecule has 1 saturated heterocycles. The van der Waals surface area contributed by atoms with Crippen molar-refractivity contribution in [1.82, 2.24) is 15.5 Å². The van der Waals surface area contributed by atoms with Crippen molar-refractivity contribution in [3.05, 3.63) is 35.4 Å². The first-order chi connectivity index (χ1) is 11.1. The van der Waals surface area contributed by atoms with Crippen LogP contribution in [-0.2, 0) is 17.9 Å². The summed E-state index contributed by atoms with van der Waals surface area (Å²) in [5.74, 6) is 0.164. The van der Waals surface area contributed by atoms with Crippen molar-refractivity contribution in [2.45, 2.75) is 46.7 Å². The van der Waals surface area contributed by atoms with Gasteiger partial charge >= 0.3 is 0 Å². The SMILES string of the molecule is CCN(CC)Cc1ccc(CNC(=O)C2(C)CCCNC2)cc1. The summed E-state index contributed by atoms with van der Waals surface area (Å²) in [4.78, 5) is 14.8. The molecule has 1 fully saturated rings. The molecule has 0 spiro atoms. The van der Waals surface area contributed by atoms with Gasteiger partial charge in [-0.3, -0.25) is 9.69 Å². The third-order valence-corrected chi connectivity index (χ3v) is 4.92. The molecule has 1 aliphatic heterocycles. The van der Waals surface area contributed by atoms with E-state index in [1.54, 1.807) is 0 Å². The van der Waals surface area contributed by atoms with E-state index in [0.29, 0.717) is 6.54 Å². The Labute approximate surface area is 140 Å². The van der Waals surface area contributed by atoms with Gasteiger partial charge in [-0.25, -0.2) is 0 Å². The maximum Gasteiger partial charge on any atom is 0.227 e. The second kappa shape index (κ2) is 8.46. The first-order valence-corrected chi connectivity index (χ1v) is 8.86. The minimum atomic E-state index is -0.263. The molecule has 0 bridgehead atoms. The number of hydrogen-bond acceptors (Lipinski definition) is 3. The molecule has 2 N–H and O–H groups in total. The van der Waals surface area contributed by atoms with Crippen molar-refractivity contribution in [2.24, 2.45) is 5.41 Å². The van der Waals surface area contributed by atoms with Crippen LogP contribution in [0.15, 0.2) is 24.3 Å². The quantitative estimate of drug-likeness (QED) is 0.812. The minimum Gasteiger partial charge on any atom is -0.352 e.